The molecule has 2 aliphatic rings. The predicted molar refractivity (Wildman–Crippen MR) is 126 cm³/mol. The van der Waals surface area contributed by atoms with Crippen LogP contribution in [0, 0.1) is 12.8 Å². The lowest BCUT2D eigenvalue weighted by Gasteiger charge is -2.34. The van der Waals surface area contributed by atoms with Gasteiger partial charge in [0.25, 0.3) is 0 Å². The Morgan fingerprint density at radius 2 is 1.80 bits per heavy atom. The third-order valence-electron chi connectivity index (χ3n) is 6.50. The predicted octanol–water partition coefficient (Wildman–Crippen LogP) is 5.72. The van der Waals surface area contributed by atoms with E-state index in [-0.39, 0.29) is 0 Å². The highest BCUT2D eigenvalue weighted by atomic mass is 15.5. The van der Waals surface area contributed by atoms with Crippen LogP contribution in [0.4, 0.5) is 17.3 Å². The summed E-state index contributed by atoms with van der Waals surface area (Å²) in [7, 11) is 0. The van der Waals surface area contributed by atoms with E-state index in [2.05, 4.69) is 41.6 Å². The van der Waals surface area contributed by atoms with E-state index in [1.54, 1.807) is 5.01 Å². The molecule has 0 unspecified atom stereocenters. The molecule has 1 aromatic heterocycles. The van der Waals surface area contributed by atoms with Crippen LogP contribution >= 0.6 is 0 Å². The molecule has 1 aliphatic heterocycles. The highest BCUT2D eigenvalue weighted by Gasteiger charge is 2.27. The number of rotatable bonds is 7. The van der Waals surface area contributed by atoms with E-state index in [4.69, 9.17) is 4.98 Å². The maximum absolute atomic E-state index is 4.83. The van der Waals surface area contributed by atoms with Crippen molar-refractivity contribution in [2.24, 2.45) is 11.0 Å². The molecule has 0 atom stereocenters. The molecule has 2 fully saturated rings. The Hall–Kier alpha value is -2.82. The molecule has 5 heteroatoms. The lowest BCUT2D eigenvalue weighted by molar-refractivity contribution is 0.295. The van der Waals surface area contributed by atoms with Gasteiger partial charge in [-0.15, -0.1) is 0 Å². The molecule has 30 heavy (non-hydrogen) atoms. The molecule has 0 amide bonds. The topological polar surface area (TPSA) is 43.8 Å². The Morgan fingerprint density at radius 3 is 2.50 bits per heavy atom. The van der Waals surface area contributed by atoms with Crippen molar-refractivity contribution in [1.82, 2.24) is 9.88 Å². The number of anilines is 3. The smallest absolute Gasteiger partial charge is 0.156 e. The van der Waals surface area contributed by atoms with Crippen LogP contribution in [0.15, 0.2) is 59.8 Å². The van der Waals surface area contributed by atoms with Crippen LogP contribution in [0.3, 0.4) is 0 Å². The van der Waals surface area contributed by atoms with E-state index < -0.39 is 0 Å². The van der Waals surface area contributed by atoms with Gasteiger partial charge < -0.3 is 10.2 Å². The van der Waals surface area contributed by atoms with Crippen molar-refractivity contribution in [1.29, 1.82) is 0 Å². The van der Waals surface area contributed by atoms with Gasteiger partial charge in [0.1, 0.15) is 5.82 Å². The molecule has 2 aromatic rings. The molecule has 1 saturated heterocycles. The average molecular weight is 404 g/mol. The molecule has 1 aromatic carbocycles. The van der Waals surface area contributed by atoms with Crippen LogP contribution < -0.4 is 10.3 Å². The zero-order chi connectivity index (χ0) is 20.9. The standard InChI is InChI=1S/C25H33N5/c1-19-9-4-5-10-23(19)30(26-3)25-12-8-11-24(28-25)27-22-15-13-21(14-16-22)20(2)29-17-6-7-18-29/h4-5,8-12,21-22H,2-3,6-7,13-18H2,1H3,(H,27,28). The lowest BCUT2D eigenvalue weighted by Crippen LogP contribution is -2.31. The number of allylic oxidation sites excluding steroid dienone is 1. The molecular weight excluding hydrogens is 370 g/mol. The van der Waals surface area contributed by atoms with Gasteiger partial charge in [0.2, 0.25) is 0 Å². The van der Waals surface area contributed by atoms with Gasteiger partial charge in [0, 0.05) is 31.5 Å². The van der Waals surface area contributed by atoms with Gasteiger partial charge in [-0.1, -0.05) is 30.8 Å². The first-order valence-corrected chi connectivity index (χ1v) is 11.2. The van der Waals surface area contributed by atoms with Gasteiger partial charge >= 0.3 is 0 Å². The molecule has 1 N–H and O–H groups in total. The van der Waals surface area contributed by atoms with Crippen LogP contribution in [0.5, 0.6) is 0 Å². The summed E-state index contributed by atoms with van der Waals surface area (Å²) in [5.74, 6) is 2.32. The van der Waals surface area contributed by atoms with Gasteiger partial charge in [-0.2, -0.15) is 5.10 Å². The van der Waals surface area contributed by atoms with E-state index in [1.165, 1.54) is 44.5 Å². The van der Waals surface area contributed by atoms with Crippen LogP contribution in [-0.4, -0.2) is 35.7 Å². The molecule has 0 radical (unpaired) electrons. The fourth-order valence-electron chi connectivity index (χ4n) is 4.74. The first-order chi connectivity index (χ1) is 14.7. The first kappa shape index (κ1) is 20.5. The third kappa shape index (κ3) is 4.50. The summed E-state index contributed by atoms with van der Waals surface area (Å²) in [6.45, 7) is 12.6. The SMILES string of the molecule is C=NN(c1cccc(NC2CCC(C(=C)N3CCCC3)CC2)n1)c1ccccc1C. The minimum atomic E-state index is 0.457. The van der Waals surface area contributed by atoms with Crippen molar-refractivity contribution in [2.75, 3.05) is 23.4 Å². The zero-order valence-electron chi connectivity index (χ0n) is 18.1. The third-order valence-corrected chi connectivity index (χ3v) is 6.50. The molecule has 2 heterocycles. The number of aromatic nitrogens is 1. The normalized spacial score (nSPS) is 21.3. The zero-order valence-corrected chi connectivity index (χ0v) is 18.1. The molecule has 158 valence electrons. The monoisotopic (exact) mass is 403 g/mol. The summed E-state index contributed by atoms with van der Waals surface area (Å²) < 4.78 is 0. The summed E-state index contributed by atoms with van der Waals surface area (Å²) in [5, 5.41) is 9.68. The summed E-state index contributed by atoms with van der Waals surface area (Å²) in [6.07, 6.45) is 7.36. The highest BCUT2D eigenvalue weighted by Crippen LogP contribution is 2.34. The number of hydrogen-bond donors (Lipinski definition) is 1. The second-order valence-corrected chi connectivity index (χ2v) is 8.50. The maximum atomic E-state index is 4.83. The second-order valence-electron chi connectivity index (χ2n) is 8.50. The van der Waals surface area contributed by atoms with Crippen molar-refractivity contribution in [2.45, 2.75) is 51.5 Å². The Kier molecular flexibility index (Phi) is 6.36. The van der Waals surface area contributed by atoms with Crippen molar-refractivity contribution in [3.8, 4) is 0 Å². The van der Waals surface area contributed by atoms with Crippen molar-refractivity contribution in [3.63, 3.8) is 0 Å². The second kappa shape index (κ2) is 9.33. The highest BCUT2D eigenvalue weighted by molar-refractivity contribution is 5.65. The Morgan fingerprint density at radius 1 is 1.07 bits per heavy atom. The summed E-state index contributed by atoms with van der Waals surface area (Å²) in [5.41, 5.74) is 3.51. The molecule has 1 aliphatic carbocycles. The first-order valence-electron chi connectivity index (χ1n) is 11.2. The van der Waals surface area contributed by atoms with Crippen molar-refractivity contribution < 1.29 is 0 Å². The number of para-hydroxylation sites is 1. The Bertz CT molecular complexity index is 879. The average Bonchev–Trinajstić information content (AvgIpc) is 3.31. The minimum absolute atomic E-state index is 0.457. The fourth-order valence-corrected chi connectivity index (χ4v) is 4.74. The number of pyridine rings is 1. The van der Waals surface area contributed by atoms with Gasteiger partial charge in [0.15, 0.2) is 5.82 Å². The number of nitrogens with one attached hydrogen (secondary N) is 1. The molecular formula is C25H33N5. The quantitative estimate of drug-likeness (QED) is 0.474. The molecule has 4 rings (SSSR count). The summed E-state index contributed by atoms with van der Waals surface area (Å²) >= 11 is 0. The van der Waals surface area contributed by atoms with Crippen LogP contribution in [0.2, 0.25) is 0 Å². The molecule has 5 nitrogen and oxygen atoms in total. The fraction of sp³-hybridized carbons (Fsp3) is 0.440. The molecule has 0 spiro atoms. The summed E-state index contributed by atoms with van der Waals surface area (Å²) in [6, 6.07) is 14.7. The van der Waals surface area contributed by atoms with Gasteiger partial charge in [-0.05, 0) is 75.1 Å². The summed E-state index contributed by atoms with van der Waals surface area (Å²) in [4.78, 5) is 7.33. The number of hydrogen-bond acceptors (Lipinski definition) is 5. The number of benzene rings is 1. The van der Waals surface area contributed by atoms with Crippen LogP contribution in [-0.2, 0) is 0 Å². The number of hydrazone groups is 1. The maximum Gasteiger partial charge on any atom is 0.156 e. The van der Waals surface area contributed by atoms with Crippen LogP contribution in [0.1, 0.15) is 44.1 Å². The van der Waals surface area contributed by atoms with E-state index in [1.807, 2.05) is 36.4 Å². The van der Waals surface area contributed by atoms with E-state index >= 15 is 0 Å². The van der Waals surface area contributed by atoms with E-state index in [9.17, 15) is 0 Å². The number of nitrogens with zero attached hydrogens (tertiary/aromatic N) is 4. The van der Waals surface area contributed by atoms with Gasteiger partial charge in [-0.25, -0.2) is 9.99 Å². The van der Waals surface area contributed by atoms with Gasteiger partial charge in [-0.3, -0.25) is 0 Å². The van der Waals surface area contributed by atoms with Gasteiger partial charge in [0.05, 0.1) is 5.69 Å². The van der Waals surface area contributed by atoms with Crippen molar-refractivity contribution in [3.05, 3.63) is 60.3 Å². The van der Waals surface area contributed by atoms with Crippen molar-refractivity contribution >= 4 is 24.0 Å². The minimum Gasteiger partial charge on any atom is -0.375 e. The largest absolute Gasteiger partial charge is 0.375 e. The van der Waals surface area contributed by atoms with E-state index in [0.29, 0.717) is 12.0 Å². The van der Waals surface area contributed by atoms with Crippen LogP contribution in [0.25, 0.3) is 0 Å². The number of aryl methyl sites for hydroxylation is 1. The molecule has 0 bridgehead atoms. The molecule has 1 saturated carbocycles. The van der Waals surface area contributed by atoms with E-state index in [0.717, 1.165) is 35.7 Å². The number of likely N-dealkylation sites (tertiary alicyclic amines) is 1. The Balaban J connectivity index is 1.38. The lowest BCUT2D eigenvalue weighted by atomic mass is 9.84. The Labute approximate surface area is 180 Å².